The molecule has 0 aliphatic carbocycles. The Morgan fingerprint density at radius 2 is 2.06 bits per heavy atom. The maximum absolute atomic E-state index is 11.7. The van der Waals surface area contributed by atoms with Crippen molar-refractivity contribution in [2.45, 2.75) is 12.8 Å². The second-order valence-electron chi connectivity index (χ2n) is 3.63. The molecule has 1 fully saturated rings. The summed E-state index contributed by atoms with van der Waals surface area (Å²) < 4.78 is 29.0. The van der Waals surface area contributed by atoms with E-state index in [9.17, 15) is 13.2 Å². The summed E-state index contributed by atoms with van der Waals surface area (Å²) >= 11 is 0. The summed E-state index contributed by atoms with van der Waals surface area (Å²) in [7, 11) is -2.42. The van der Waals surface area contributed by atoms with Gasteiger partial charge in [0.25, 0.3) is 0 Å². The van der Waals surface area contributed by atoms with Crippen LogP contribution >= 0.6 is 0 Å². The van der Waals surface area contributed by atoms with E-state index in [1.165, 1.54) is 4.31 Å². The minimum Gasteiger partial charge on any atom is -0.468 e. The highest BCUT2D eigenvalue weighted by molar-refractivity contribution is 7.89. The van der Waals surface area contributed by atoms with Crippen LogP contribution in [0.3, 0.4) is 0 Å². The van der Waals surface area contributed by atoms with Gasteiger partial charge in [0.15, 0.2) is 5.75 Å². The first-order chi connectivity index (χ1) is 7.49. The summed E-state index contributed by atoms with van der Waals surface area (Å²) in [4.78, 5) is 10.9. The second kappa shape index (κ2) is 5.27. The average molecular weight is 246 g/mol. The maximum atomic E-state index is 11.7. The molecule has 90 valence electrons. The number of hydrogen-bond acceptors (Lipinski definition) is 5. The third kappa shape index (κ3) is 3.18. The number of nitriles is 1. The molecule has 0 N–H and O–H groups in total. The van der Waals surface area contributed by atoms with Crippen molar-refractivity contribution >= 4 is 16.0 Å². The fourth-order valence-electron chi connectivity index (χ4n) is 1.56. The van der Waals surface area contributed by atoms with Gasteiger partial charge in [-0.25, -0.2) is 12.7 Å². The molecule has 0 spiro atoms. The molecule has 6 nitrogen and oxygen atoms in total. The molecule has 0 aromatic rings. The number of carbonyl (C=O) groups is 1. The van der Waals surface area contributed by atoms with Crippen LogP contribution in [0.4, 0.5) is 0 Å². The molecule has 0 radical (unpaired) electrons. The fraction of sp³-hybridized carbons (Fsp3) is 0.778. The van der Waals surface area contributed by atoms with Gasteiger partial charge in [0.1, 0.15) is 0 Å². The van der Waals surface area contributed by atoms with Crippen LogP contribution < -0.4 is 0 Å². The van der Waals surface area contributed by atoms with E-state index in [1.807, 2.05) is 0 Å². The van der Waals surface area contributed by atoms with Crippen LogP contribution in [0.2, 0.25) is 0 Å². The Labute approximate surface area is 94.8 Å². The lowest BCUT2D eigenvalue weighted by molar-refractivity contribution is -0.137. The minimum absolute atomic E-state index is 0.0791. The lowest BCUT2D eigenvalue weighted by Crippen LogP contribution is -2.41. The van der Waals surface area contributed by atoms with Crippen molar-refractivity contribution in [2.75, 3.05) is 26.0 Å². The normalized spacial score (nSPS) is 19.0. The maximum Gasteiger partial charge on any atom is 0.322 e. The highest BCUT2D eigenvalue weighted by Gasteiger charge is 2.29. The molecule has 1 heterocycles. The van der Waals surface area contributed by atoms with Crippen molar-refractivity contribution in [3.8, 4) is 6.07 Å². The van der Waals surface area contributed by atoms with Gasteiger partial charge in [-0.2, -0.15) is 5.26 Å². The summed E-state index contributed by atoms with van der Waals surface area (Å²) in [6, 6.07) is 2.11. The molecule has 0 saturated carbocycles. The van der Waals surface area contributed by atoms with Gasteiger partial charge >= 0.3 is 5.97 Å². The van der Waals surface area contributed by atoms with Crippen molar-refractivity contribution in [1.29, 1.82) is 5.26 Å². The number of sulfonamides is 1. The molecule has 1 aliphatic rings. The number of piperidine rings is 1. The highest BCUT2D eigenvalue weighted by atomic mass is 32.2. The SMILES string of the molecule is COC(=O)CS(=O)(=O)N1CCC(C#N)CC1. The van der Waals surface area contributed by atoms with Gasteiger partial charge in [-0.3, -0.25) is 4.79 Å². The van der Waals surface area contributed by atoms with E-state index in [0.29, 0.717) is 25.9 Å². The van der Waals surface area contributed by atoms with E-state index < -0.39 is 21.7 Å². The van der Waals surface area contributed by atoms with Crippen LogP contribution in [-0.4, -0.2) is 44.6 Å². The minimum atomic E-state index is -3.58. The molecular weight excluding hydrogens is 232 g/mol. The Morgan fingerprint density at radius 3 is 2.50 bits per heavy atom. The van der Waals surface area contributed by atoms with Crippen molar-refractivity contribution in [1.82, 2.24) is 4.31 Å². The zero-order valence-electron chi connectivity index (χ0n) is 9.05. The van der Waals surface area contributed by atoms with Crippen LogP contribution in [0.5, 0.6) is 0 Å². The van der Waals surface area contributed by atoms with Gasteiger partial charge in [-0.1, -0.05) is 0 Å². The van der Waals surface area contributed by atoms with E-state index in [2.05, 4.69) is 10.8 Å². The second-order valence-corrected chi connectivity index (χ2v) is 5.60. The number of nitrogens with zero attached hydrogens (tertiary/aromatic N) is 2. The number of ether oxygens (including phenoxy) is 1. The molecular formula is C9H14N2O4S. The molecule has 0 unspecified atom stereocenters. The number of hydrogen-bond donors (Lipinski definition) is 0. The van der Waals surface area contributed by atoms with Crippen molar-refractivity contribution in [2.24, 2.45) is 5.92 Å². The Bertz CT molecular complexity index is 390. The van der Waals surface area contributed by atoms with E-state index in [0.717, 1.165) is 7.11 Å². The first-order valence-corrected chi connectivity index (χ1v) is 6.55. The summed E-state index contributed by atoms with van der Waals surface area (Å²) in [6.45, 7) is 0.606. The molecule has 1 rings (SSSR count). The Morgan fingerprint density at radius 1 is 1.50 bits per heavy atom. The summed E-state index contributed by atoms with van der Waals surface area (Å²) in [6.07, 6.45) is 1.05. The highest BCUT2D eigenvalue weighted by Crippen LogP contribution is 2.18. The fourth-order valence-corrected chi connectivity index (χ4v) is 2.93. The monoisotopic (exact) mass is 246 g/mol. The van der Waals surface area contributed by atoms with Crippen LogP contribution in [-0.2, 0) is 19.6 Å². The third-order valence-electron chi connectivity index (χ3n) is 2.56. The van der Waals surface area contributed by atoms with E-state index in [4.69, 9.17) is 5.26 Å². The Kier molecular flexibility index (Phi) is 4.26. The van der Waals surface area contributed by atoms with Crippen LogP contribution in [0.15, 0.2) is 0 Å². The van der Waals surface area contributed by atoms with E-state index >= 15 is 0 Å². The molecule has 0 amide bonds. The van der Waals surface area contributed by atoms with E-state index in [-0.39, 0.29) is 5.92 Å². The average Bonchev–Trinajstić information content (AvgIpc) is 2.28. The molecule has 0 aromatic heterocycles. The van der Waals surface area contributed by atoms with Crippen LogP contribution in [0.25, 0.3) is 0 Å². The molecule has 0 atom stereocenters. The van der Waals surface area contributed by atoms with Gasteiger partial charge < -0.3 is 4.74 Å². The molecule has 0 aromatic carbocycles. The quantitative estimate of drug-likeness (QED) is 0.639. The standard InChI is InChI=1S/C9H14N2O4S/c1-15-9(12)7-16(13,14)11-4-2-8(6-10)3-5-11/h8H,2-5,7H2,1H3. The third-order valence-corrected chi connectivity index (χ3v) is 4.31. The van der Waals surface area contributed by atoms with Crippen molar-refractivity contribution < 1.29 is 17.9 Å². The summed E-state index contributed by atoms with van der Waals surface area (Å²) in [5.74, 6) is -1.47. The smallest absolute Gasteiger partial charge is 0.322 e. The van der Waals surface area contributed by atoms with E-state index in [1.54, 1.807) is 0 Å². The predicted octanol–water partition coefficient (Wildman–Crippen LogP) is -0.275. The van der Waals surface area contributed by atoms with Gasteiger partial charge in [0.05, 0.1) is 13.2 Å². The molecule has 0 bridgehead atoms. The summed E-state index contributed by atoms with van der Waals surface area (Å²) in [5.41, 5.74) is 0. The Balaban J connectivity index is 2.59. The lowest BCUT2D eigenvalue weighted by atomic mass is 10.0. The largest absolute Gasteiger partial charge is 0.468 e. The lowest BCUT2D eigenvalue weighted by Gasteiger charge is -2.27. The van der Waals surface area contributed by atoms with Gasteiger partial charge in [-0.05, 0) is 12.8 Å². The number of carbonyl (C=O) groups excluding carboxylic acids is 1. The van der Waals surface area contributed by atoms with Gasteiger partial charge in [0.2, 0.25) is 10.0 Å². The van der Waals surface area contributed by atoms with Gasteiger partial charge in [0, 0.05) is 19.0 Å². The molecule has 1 aliphatic heterocycles. The van der Waals surface area contributed by atoms with Crippen LogP contribution in [0, 0.1) is 17.2 Å². The summed E-state index contributed by atoms with van der Waals surface area (Å²) in [5, 5.41) is 8.67. The zero-order valence-corrected chi connectivity index (χ0v) is 9.87. The zero-order chi connectivity index (χ0) is 12.2. The topological polar surface area (TPSA) is 87.5 Å². The Hall–Kier alpha value is -1.13. The predicted molar refractivity (Wildman–Crippen MR) is 55.7 cm³/mol. The first kappa shape index (κ1) is 12.9. The van der Waals surface area contributed by atoms with Gasteiger partial charge in [-0.15, -0.1) is 0 Å². The first-order valence-electron chi connectivity index (χ1n) is 4.94. The molecule has 16 heavy (non-hydrogen) atoms. The number of esters is 1. The van der Waals surface area contributed by atoms with Crippen molar-refractivity contribution in [3.05, 3.63) is 0 Å². The number of methoxy groups -OCH3 is 1. The van der Waals surface area contributed by atoms with Crippen molar-refractivity contribution in [3.63, 3.8) is 0 Å². The molecule has 1 saturated heterocycles. The van der Waals surface area contributed by atoms with Crippen LogP contribution in [0.1, 0.15) is 12.8 Å². The molecule has 7 heteroatoms. The number of rotatable bonds is 3.